The van der Waals surface area contributed by atoms with Crippen LogP contribution in [-0.2, 0) is 11.2 Å². The molecule has 1 aliphatic heterocycles. The fourth-order valence-electron chi connectivity index (χ4n) is 3.17. The molecule has 2 aromatic rings. The van der Waals surface area contributed by atoms with Gasteiger partial charge in [-0.3, -0.25) is 4.79 Å². The van der Waals surface area contributed by atoms with E-state index in [4.69, 9.17) is 0 Å². The van der Waals surface area contributed by atoms with Crippen molar-refractivity contribution in [1.29, 1.82) is 0 Å². The van der Waals surface area contributed by atoms with Crippen LogP contribution in [0, 0.1) is 5.92 Å². The van der Waals surface area contributed by atoms with Gasteiger partial charge in [0.25, 0.3) is 0 Å². The van der Waals surface area contributed by atoms with Crippen LogP contribution in [0.3, 0.4) is 0 Å². The highest BCUT2D eigenvalue weighted by Gasteiger charge is 2.28. The SMILES string of the molecule is CCc1ccc(NC(=O)[C@H]2CCCN(C(=O)Nc3ccccc3)C2)cc1. The van der Waals surface area contributed by atoms with Crippen molar-refractivity contribution >= 4 is 23.3 Å². The Kier molecular flexibility index (Phi) is 5.89. The molecule has 0 spiro atoms. The van der Waals surface area contributed by atoms with E-state index in [0.717, 1.165) is 30.6 Å². The smallest absolute Gasteiger partial charge is 0.321 e. The molecule has 3 rings (SSSR count). The lowest BCUT2D eigenvalue weighted by Crippen LogP contribution is -2.45. The Balaban J connectivity index is 1.56. The van der Waals surface area contributed by atoms with Gasteiger partial charge in [-0.25, -0.2) is 4.79 Å². The summed E-state index contributed by atoms with van der Waals surface area (Å²) in [7, 11) is 0. The maximum atomic E-state index is 12.6. The van der Waals surface area contributed by atoms with Crippen molar-refractivity contribution in [2.24, 2.45) is 5.92 Å². The number of nitrogens with one attached hydrogen (secondary N) is 2. The minimum Gasteiger partial charge on any atom is -0.326 e. The Morgan fingerprint density at radius 2 is 1.69 bits per heavy atom. The lowest BCUT2D eigenvalue weighted by Gasteiger charge is -2.32. The van der Waals surface area contributed by atoms with Gasteiger partial charge in [-0.1, -0.05) is 37.3 Å². The van der Waals surface area contributed by atoms with E-state index < -0.39 is 0 Å². The van der Waals surface area contributed by atoms with Crippen molar-refractivity contribution in [1.82, 2.24) is 4.90 Å². The van der Waals surface area contributed by atoms with Gasteiger partial charge in [-0.15, -0.1) is 0 Å². The summed E-state index contributed by atoms with van der Waals surface area (Å²) in [6, 6.07) is 17.1. The first-order valence-corrected chi connectivity index (χ1v) is 9.16. The lowest BCUT2D eigenvalue weighted by molar-refractivity contribution is -0.121. The molecule has 1 saturated heterocycles. The van der Waals surface area contributed by atoms with Crippen LogP contribution in [0.15, 0.2) is 54.6 Å². The van der Waals surface area contributed by atoms with E-state index in [-0.39, 0.29) is 17.9 Å². The number of urea groups is 1. The average Bonchev–Trinajstić information content (AvgIpc) is 2.69. The number of amides is 3. The summed E-state index contributed by atoms with van der Waals surface area (Å²) < 4.78 is 0. The fraction of sp³-hybridized carbons (Fsp3) is 0.333. The molecule has 0 aliphatic carbocycles. The molecule has 0 radical (unpaired) electrons. The van der Waals surface area contributed by atoms with Crippen LogP contribution in [-0.4, -0.2) is 29.9 Å². The second-order valence-corrected chi connectivity index (χ2v) is 6.62. The zero-order chi connectivity index (χ0) is 18.4. The van der Waals surface area contributed by atoms with E-state index in [1.165, 1.54) is 5.56 Å². The summed E-state index contributed by atoms with van der Waals surface area (Å²) in [6.07, 6.45) is 2.60. The predicted molar refractivity (Wildman–Crippen MR) is 104 cm³/mol. The number of rotatable bonds is 4. The van der Waals surface area contributed by atoms with Gasteiger partial charge < -0.3 is 15.5 Å². The maximum Gasteiger partial charge on any atom is 0.321 e. The molecular weight excluding hydrogens is 326 g/mol. The van der Waals surface area contributed by atoms with E-state index in [0.29, 0.717) is 13.1 Å². The van der Waals surface area contributed by atoms with Gasteiger partial charge in [0, 0.05) is 24.5 Å². The third-order valence-electron chi connectivity index (χ3n) is 4.73. The molecule has 0 aromatic heterocycles. The van der Waals surface area contributed by atoms with E-state index >= 15 is 0 Å². The lowest BCUT2D eigenvalue weighted by atomic mass is 9.97. The zero-order valence-corrected chi connectivity index (χ0v) is 15.1. The minimum atomic E-state index is -0.184. The zero-order valence-electron chi connectivity index (χ0n) is 15.1. The number of carbonyl (C=O) groups excluding carboxylic acids is 2. The summed E-state index contributed by atoms with van der Waals surface area (Å²) in [4.78, 5) is 26.7. The summed E-state index contributed by atoms with van der Waals surface area (Å²) in [5.41, 5.74) is 2.81. The van der Waals surface area contributed by atoms with Crippen molar-refractivity contribution in [2.75, 3.05) is 23.7 Å². The van der Waals surface area contributed by atoms with Gasteiger partial charge in [0.2, 0.25) is 5.91 Å². The predicted octanol–water partition coefficient (Wildman–Crippen LogP) is 4.13. The van der Waals surface area contributed by atoms with Crippen molar-refractivity contribution in [3.8, 4) is 0 Å². The number of hydrogen-bond acceptors (Lipinski definition) is 2. The Morgan fingerprint density at radius 1 is 1.00 bits per heavy atom. The molecular formula is C21H25N3O2. The molecule has 136 valence electrons. The van der Waals surface area contributed by atoms with Crippen LogP contribution in [0.4, 0.5) is 16.2 Å². The molecule has 5 heteroatoms. The quantitative estimate of drug-likeness (QED) is 0.870. The van der Waals surface area contributed by atoms with Crippen molar-refractivity contribution < 1.29 is 9.59 Å². The van der Waals surface area contributed by atoms with E-state index in [1.807, 2.05) is 54.6 Å². The van der Waals surface area contributed by atoms with Crippen molar-refractivity contribution in [3.63, 3.8) is 0 Å². The first-order valence-electron chi connectivity index (χ1n) is 9.16. The van der Waals surface area contributed by atoms with E-state index in [1.54, 1.807) is 4.90 Å². The molecule has 2 N–H and O–H groups in total. The second kappa shape index (κ2) is 8.52. The summed E-state index contributed by atoms with van der Waals surface area (Å²) in [6.45, 7) is 3.22. The average molecular weight is 351 g/mol. The number of carbonyl (C=O) groups is 2. The van der Waals surface area contributed by atoms with Gasteiger partial charge >= 0.3 is 6.03 Å². The summed E-state index contributed by atoms with van der Waals surface area (Å²) in [5, 5.41) is 5.86. The molecule has 26 heavy (non-hydrogen) atoms. The highest BCUT2D eigenvalue weighted by molar-refractivity contribution is 5.94. The third-order valence-corrected chi connectivity index (χ3v) is 4.73. The first kappa shape index (κ1) is 18.0. The fourth-order valence-corrected chi connectivity index (χ4v) is 3.17. The second-order valence-electron chi connectivity index (χ2n) is 6.62. The third kappa shape index (κ3) is 4.63. The minimum absolute atomic E-state index is 0.0218. The van der Waals surface area contributed by atoms with Crippen LogP contribution in [0.25, 0.3) is 0 Å². The van der Waals surface area contributed by atoms with Crippen LogP contribution in [0.1, 0.15) is 25.3 Å². The molecule has 1 heterocycles. The Bertz CT molecular complexity index is 744. The van der Waals surface area contributed by atoms with Gasteiger partial charge in [-0.05, 0) is 49.1 Å². The van der Waals surface area contributed by atoms with Crippen molar-refractivity contribution in [3.05, 3.63) is 60.2 Å². The van der Waals surface area contributed by atoms with Crippen LogP contribution < -0.4 is 10.6 Å². The van der Waals surface area contributed by atoms with Gasteiger partial charge in [0.1, 0.15) is 0 Å². The van der Waals surface area contributed by atoms with Crippen molar-refractivity contribution in [2.45, 2.75) is 26.2 Å². The van der Waals surface area contributed by atoms with Gasteiger partial charge in [0.15, 0.2) is 0 Å². The molecule has 0 bridgehead atoms. The number of hydrogen-bond donors (Lipinski definition) is 2. The summed E-state index contributed by atoms with van der Waals surface area (Å²) >= 11 is 0. The Hall–Kier alpha value is -2.82. The number of benzene rings is 2. The molecule has 1 aliphatic rings. The normalized spacial score (nSPS) is 16.8. The van der Waals surface area contributed by atoms with E-state index in [2.05, 4.69) is 17.6 Å². The molecule has 0 saturated carbocycles. The van der Waals surface area contributed by atoms with E-state index in [9.17, 15) is 9.59 Å². The Morgan fingerprint density at radius 3 is 2.38 bits per heavy atom. The number of nitrogens with zero attached hydrogens (tertiary/aromatic N) is 1. The summed E-state index contributed by atoms with van der Waals surface area (Å²) in [5.74, 6) is -0.206. The monoisotopic (exact) mass is 351 g/mol. The molecule has 5 nitrogen and oxygen atoms in total. The molecule has 3 amide bonds. The molecule has 2 aromatic carbocycles. The molecule has 0 unspecified atom stereocenters. The molecule has 1 fully saturated rings. The first-order chi connectivity index (χ1) is 12.7. The number of anilines is 2. The van der Waals surface area contributed by atoms with Crippen LogP contribution in [0.2, 0.25) is 0 Å². The van der Waals surface area contributed by atoms with Gasteiger partial charge in [0.05, 0.1) is 5.92 Å². The Labute approximate surface area is 154 Å². The highest BCUT2D eigenvalue weighted by Crippen LogP contribution is 2.20. The largest absolute Gasteiger partial charge is 0.326 e. The van der Waals surface area contributed by atoms with Gasteiger partial charge in [-0.2, -0.15) is 0 Å². The number of likely N-dealkylation sites (tertiary alicyclic amines) is 1. The molecule has 1 atom stereocenters. The van der Waals surface area contributed by atoms with Crippen LogP contribution in [0.5, 0.6) is 0 Å². The topological polar surface area (TPSA) is 61.4 Å². The highest BCUT2D eigenvalue weighted by atomic mass is 16.2. The standard InChI is InChI=1S/C21H25N3O2/c1-2-16-10-12-19(13-11-16)22-20(25)17-7-6-14-24(15-17)21(26)23-18-8-4-3-5-9-18/h3-5,8-13,17H,2,6-7,14-15H2,1H3,(H,22,25)(H,23,26)/t17-/m0/s1. The maximum absolute atomic E-state index is 12.6. The van der Waals surface area contributed by atoms with Crippen LogP contribution >= 0.6 is 0 Å². The number of piperidine rings is 1. The number of para-hydroxylation sites is 1. The number of aryl methyl sites for hydroxylation is 1.